The number of benzene rings is 2. The normalized spacial score (nSPS) is 12.5. The number of rotatable bonds is 6. The Hall–Kier alpha value is -2.34. The second-order valence-electron chi connectivity index (χ2n) is 5.71. The Kier molecular flexibility index (Phi) is 5.62. The van der Waals surface area contributed by atoms with Gasteiger partial charge in [0.25, 0.3) is 0 Å². The van der Waals surface area contributed by atoms with E-state index in [1.807, 2.05) is 31.2 Å². The number of carbonyl (C=O) groups is 1. The summed E-state index contributed by atoms with van der Waals surface area (Å²) in [6, 6.07) is 15.5. The molecule has 2 aromatic carbocycles. The monoisotopic (exact) mass is 346 g/mol. The maximum Gasteiger partial charge on any atom is 0.243 e. The maximum atomic E-state index is 12.5. The number of hydrogen-bond acceptors (Lipinski definition) is 3. The van der Waals surface area contributed by atoms with Crippen LogP contribution in [-0.4, -0.2) is 26.6 Å². The van der Waals surface area contributed by atoms with E-state index >= 15 is 0 Å². The lowest BCUT2D eigenvalue weighted by Gasteiger charge is -2.28. The van der Waals surface area contributed by atoms with Crippen LogP contribution >= 0.6 is 0 Å². The predicted molar refractivity (Wildman–Crippen MR) is 96.3 cm³/mol. The summed E-state index contributed by atoms with van der Waals surface area (Å²) < 4.78 is 25.4. The van der Waals surface area contributed by atoms with E-state index in [0.29, 0.717) is 12.2 Å². The van der Waals surface area contributed by atoms with Gasteiger partial charge in [-0.05, 0) is 37.1 Å². The lowest BCUT2D eigenvalue weighted by molar-refractivity contribution is -0.122. The number of aryl methyl sites for hydroxylation is 1. The van der Waals surface area contributed by atoms with Gasteiger partial charge < -0.3 is 5.32 Å². The van der Waals surface area contributed by atoms with Gasteiger partial charge in [0.2, 0.25) is 15.9 Å². The highest BCUT2D eigenvalue weighted by atomic mass is 32.2. The van der Waals surface area contributed by atoms with Gasteiger partial charge in [-0.15, -0.1) is 0 Å². The first-order chi connectivity index (χ1) is 11.3. The van der Waals surface area contributed by atoms with Gasteiger partial charge in [0.15, 0.2) is 0 Å². The van der Waals surface area contributed by atoms with Crippen LogP contribution < -0.4 is 9.62 Å². The zero-order chi connectivity index (χ0) is 17.7. The third kappa shape index (κ3) is 4.35. The van der Waals surface area contributed by atoms with Crippen LogP contribution in [0.1, 0.15) is 18.1 Å². The molecule has 0 fully saturated rings. The third-order valence-electron chi connectivity index (χ3n) is 3.81. The van der Waals surface area contributed by atoms with E-state index < -0.39 is 16.1 Å². The molecule has 2 rings (SSSR count). The number of amides is 1. The number of nitrogens with zero attached hydrogens (tertiary/aromatic N) is 1. The molecule has 0 aliphatic heterocycles. The lowest BCUT2D eigenvalue weighted by Crippen LogP contribution is -2.47. The van der Waals surface area contributed by atoms with Crippen LogP contribution in [0, 0.1) is 6.92 Å². The van der Waals surface area contributed by atoms with E-state index in [0.717, 1.165) is 21.7 Å². The minimum Gasteiger partial charge on any atom is -0.350 e. The molecule has 0 aliphatic carbocycles. The van der Waals surface area contributed by atoms with Gasteiger partial charge in [0.05, 0.1) is 11.9 Å². The van der Waals surface area contributed by atoms with Gasteiger partial charge in [-0.25, -0.2) is 8.42 Å². The van der Waals surface area contributed by atoms with Gasteiger partial charge in [-0.3, -0.25) is 9.10 Å². The number of hydrogen-bond donors (Lipinski definition) is 1. The maximum absolute atomic E-state index is 12.5. The van der Waals surface area contributed by atoms with Crippen molar-refractivity contribution in [1.82, 2.24) is 5.32 Å². The smallest absolute Gasteiger partial charge is 0.243 e. The van der Waals surface area contributed by atoms with Crippen LogP contribution in [0.4, 0.5) is 5.69 Å². The van der Waals surface area contributed by atoms with Gasteiger partial charge >= 0.3 is 0 Å². The molecule has 0 aromatic heterocycles. The summed E-state index contributed by atoms with van der Waals surface area (Å²) in [7, 11) is -3.58. The second kappa shape index (κ2) is 7.49. The number of para-hydroxylation sites is 1. The van der Waals surface area contributed by atoms with Crippen molar-refractivity contribution in [3.05, 3.63) is 65.7 Å². The Morgan fingerprint density at radius 2 is 1.67 bits per heavy atom. The van der Waals surface area contributed by atoms with E-state index in [9.17, 15) is 13.2 Å². The number of carbonyl (C=O) groups excluding carboxylic acids is 1. The number of sulfonamides is 1. The van der Waals surface area contributed by atoms with Crippen molar-refractivity contribution in [2.24, 2.45) is 0 Å². The Labute approximate surface area is 143 Å². The zero-order valence-corrected chi connectivity index (χ0v) is 14.9. The highest BCUT2D eigenvalue weighted by molar-refractivity contribution is 7.92. The molecule has 1 amide bonds. The molecular weight excluding hydrogens is 324 g/mol. The van der Waals surface area contributed by atoms with Crippen molar-refractivity contribution in [2.45, 2.75) is 26.4 Å². The van der Waals surface area contributed by atoms with Crippen LogP contribution in [0.25, 0.3) is 0 Å². The van der Waals surface area contributed by atoms with E-state index in [4.69, 9.17) is 0 Å². The average molecular weight is 346 g/mol. The SMILES string of the molecule is Cc1ccccc1CNC(=O)[C@H](C)N(c1ccccc1)S(C)(=O)=O. The van der Waals surface area contributed by atoms with Crippen molar-refractivity contribution in [1.29, 1.82) is 0 Å². The van der Waals surface area contributed by atoms with Gasteiger partial charge in [0, 0.05) is 6.54 Å². The summed E-state index contributed by atoms with van der Waals surface area (Å²) >= 11 is 0. The van der Waals surface area contributed by atoms with Gasteiger partial charge in [-0.1, -0.05) is 42.5 Å². The largest absolute Gasteiger partial charge is 0.350 e. The fourth-order valence-electron chi connectivity index (χ4n) is 2.52. The molecule has 128 valence electrons. The summed E-state index contributed by atoms with van der Waals surface area (Å²) in [6.45, 7) is 3.92. The van der Waals surface area contributed by atoms with E-state index in [1.54, 1.807) is 37.3 Å². The Balaban J connectivity index is 2.16. The predicted octanol–water partition coefficient (Wildman–Crippen LogP) is 2.47. The molecule has 1 atom stereocenters. The molecule has 5 nitrogen and oxygen atoms in total. The number of nitrogens with one attached hydrogen (secondary N) is 1. The van der Waals surface area contributed by atoms with Crippen molar-refractivity contribution in [3.8, 4) is 0 Å². The van der Waals surface area contributed by atoms with Crippen molar-refractivity contribution >= 4 is 21.6 Å². The molecule has 0 saturated heterocycles. The molecular formula is C18H22N2O3S. The van der Waals surface area contributed by atoms with Gasteiger partial charge in [0.1, 0.15) is 6.04 Å². The van der Waals surface area contributed by atoms with Crippen LogP contribution in [0.2, 0.25) is 0 Å². The first kappa shape index (κ1) is 18.0. The second-order valence-corrected chi connectivity index (χ2v) is 7.57. The molecule has 1 N–H and O–H groups in total. The van der Waals surface area contributed by atoms with Gasteiger partial charge in [-0.2, -0.15) is 0 Å². The molecule has 24 heavy (non-hydrogen) atoms. The fourth-order valence-corrected chi connectivity index (χ4v) is 3.70. The molecule has 0 saturated carbocycles. The van der Waals surface area contributed by atoms with E-state index in [1.165, 1.54) is 0 Å². The quantitative estimate of drug-likeness (QED) is 0.874. The fraction of sp³-hybridized carbons (Fsp3) is 0.278. The molecule has 0 aliphatic rings. The van der Waals surface area contributed by atoms with Crippen LogP contribution in [-0.2, 0) is 21.4 Å². The molecule has 0 heterocycles. The topological polar surface area (TPSA) is 66.5 Å². The third-order valence-corrected chi connectivity index (χ3v) is 5.06. The van der Waals surface area contributed by atoms with Crippen molar-refractivity contribution in [2.75, 3.05) is 10.6 Å². The Bertz CT molecular complexity index is 804. The highest BCUT2D eigenvalue weighted by Gasteiger charge is 2.28. The average Bonchev–Trinajstić information content (AvgIpc) is 2.53. The summed E-state index contributed by atoms with van der Waals surface area (Å²) in [4.78, 5) is 12.5. The molecule has 0 unspecified atom stereocenters. The van der Waals surface area contributed by atoms with Crippen LogP contribution in [0.15, 0.2) is 54.6 Å². The minimum absolute atomic E-state index is 0.340. The summed E-state index contributed by atoms with van der Waals surface area (Å²) in [5.41, 5.74) is 2.55. The Morgan fingerprint density at radius 3 is 2.25 bits per heavy atom. The molecule has 0 radical (unpaired) electrons. The standard InChI is InChI=1S/C18H22N2O3S/c1-14-9-7-8-10-16(14)13-19-18(21)15(2)20(24(3,22)23)17-11-5-4-6-12-17/h4-12,15H,13H2,1-3H3,(H,19,21)/t15-/m0/s1. The number of anilines is 1. The molecule has 0 bridgehead atoms. The first-order valence-corrected chi connectivity index (χ1v) is 9.52. The molecule has 2 aromatic rings. The molecule has 6 heteroatoms. The van der Waals surface area contributed by atoms with Crippen molar-refractivity contribution in [3.63, 3.8) is 0 Å². The Morgan fingerprint density at radius 1 is 1.08 bits per heavy atom. The first-order valence-electron chi connectivity index (χ1n) is 7.67. The van der Waals surface area contributed by atoms with E-state index in [-0.39, 0.29) is 5.91 Å². The lowest BCUT2D eigenvalue weighted by atomic mass is 10.1. The highest BCUT2D eigenvalue weighted by Crippen LogP contribution is 2.20. The summed E-state index contributed by atoms with van der Waals surface area (Å²) in [5.74, 6) is -0.340. The van der Waals surface area contributed by atoms with Crippen LogP contribution in [0.3, 0.4) is 0 Å². The van der Waals surface area contributed by atoms with E-state index in [2.05, 4.69) is 5.32 Å². The summed E-state index contributed by atoms with van der Waals surface area (Å²) in [5, 5.41) is 2.82. The zero-order valence-electron chi connectivity index (χ0n) is 14.1. The minimum atomic E-state index is -3.58. The van der Waals surface area contributed by atoms with Crippen molar-refractivity contribution < 1.29 is 13.2 Å². The van der Waals surface area contributed by atoms with Crippen LogP contribution in [0.5, 0.6) is 0 Å². The summed E-state index contributed by atoms with van der Waals surface area (Å²) in [6.07, 6.45) is 1.10. The molecule has 0 spiro atoms.